The molecule has 0 aliphatic carbocycles. The van der Waals surface area contributed by atoms with Gasteiger partial charge in [-0.2, -0.15) is 0 Å². The summed E-state index contributed by atoms with van der Waals surface area (Å²) >= 11 is 9.58. The standard InChI is InChI=1S/C12H14BrClN2/c1-12(2,3)11-8(7-14)16-9(13)5-4-6-10(16)15-11/h4-6H,7H2,1-3H3. The van der Waals surface area contributed by atoms with E-state index in [2.05, 4.69) is 46.1 Å². The lowest BCUT2D eigenvalue weighted by atomic mass is 9.91. The van der Waals surface area contributed by atoms with Crippen LogP contribution in [0.4, 0.5) is 0 Å². The van der Waals surface area contributed by atoms with Crippen LogP contribution in [0.3, 0.4) is 0 Å². The van der Waals surface area contributed by atoms with E-state index < -0.39 is 0 Å². The number of fused-ring (bicyclic) bond motifs is 1. The highest BCUT2D eigenvalue weighted by atomic mass is 79.9. The Morgan fingerprint density at radius 2 is 2.06 bits per heavy atom. The molecule has 0 atom stereocenters. The van der Waals surface area contributed by atoms with Gasteiger partial charge in [0.05, 0.1) is 21.9 Å². The molecule has 4 heteroatoms. The minimum Gasteiger partial charge on any atom is -0.289 e. The van der Waals surface area contributed by atoms with Crippen LogP contribution in [0.2, 0.25) is 0 Å². The van der Waals surface area contributed by atoms with E-state index in [1.165, 1.54) is 0 Å². The van der Waals surface area contributed by atoms with Gasteiger partial charge >= 0.3 is 0 Å². The first kappa shape index (κ1) is 11.9. The molecule has 0 aromatic carbocycles. The number of aromatic nitrogens is 2. The summed E-state index contributed by atoms with van der Waals surface area (Å²) in [7, 11) is 0. The Morgan fingerprint density at radius 1 is 1.38 bits per heavy atom. The van der Waals surface area contributed by atoms with Crippen LogP contribution in [0.1, 0.15) is 32.2 Å². The van der Waals surface area contributed by atoms with E-state index in [1.54, 1.807) is 0 Å². The number of nitrogens with zero attached hydrogens (tertiary/aromatic N) is 2. The molecule has 2 rings (SSSR count). The summed E-state index contributed by atoms with van der Waals surface area (Å²) in [5.41, 5.74) is 3.08. The molecule has 2 nitrogen and oxygen atoms in total. The van der Waals surface area contributed by atoms with Crippen molar-refractivity contribution in [3.05, 3.63) is 34.2 Å². The molecule has 0 spiro atoms. The number of hydrogen-bond acceptors (Lipinski definition) is 1. The Morgan fingerprint density at radius 3 is 2.62 bits per heavy atom. The van der Waals surface area contributed by atoms with Gasteiger partial charge in [-0.25, -0.2) is 4.98 Å². The molecular formula is C12H14BrClN2. The zero-order chi connectivity index (χ0) is 11.9. The Kier molecular flexibility index (Phi) is 3.01. The summed E-state index contributed by atoms with van der Waals surface area (Å²) < 4.78 is 3.05. The van der Waals surface area contributed by atoms with Gasteiger partial charge in [0.15, 0.2) is 0 Å². The normalized spacial score (nSPS) is 12.3. The van der Waals surface area contributed by atoms with Crippen LogP contribution in [0.5, 0.6) is 0 Å². The molecule has 0 amide bonds. The van der Waals surface area contributed by atoms with Crippen molar-refractivity contribution in [1.82, 2.24) is 9.38 Å². The predicted molar refractivity (Wildman–Crippen MR) is 71.1 cm³/mol. The van der Waals surface area contributed by atoms with E-state index in [4.69, 9.17) is 11.6 Å². The largest absolute Gasteiger partial charge is 0.289 e. The smallest absolute Gasteiger partial charge is 0.138 e. The highest BCUT2D eigenvalue weighted by Gasteiger charge is 2.23. The quantitative estimate of drug-likeness (QED) is 0.572. The molecule has 86 valence electrons. The van der Waals surface area contributed by atoms with Crippen molar-refractivity contribution < 1.29 is 0 Å². The lowest BCUT2D eigenvalue weighted by molar-refractivity contribution is 0.567. The second-order valence-electron chi connectivity index (χ2n) is 4.83. The molecule has 0 saturated carbocycles. The zero-order valence-corrected chi connectivity index (χ0v) is 11.9. The fourth-order valence-electron chi connectivity index (χ4n) is 1.84. The van der Waals surface area contributed by atoms with Crippen molar-refractivity contribution in [2.45, 2.75) is 32.1 Å². The van der Waals surface area contributed by atoms with Gasteiger partial charge in [0.2, 0.25) is 0 Å². The molecular weight excluding hydrogens is 288 g/mol. The van der Waals surface area contributed by atoms with Gasteiger partial charge in [-0.05, 0) is 28.1 Å². The average Bonchev–Trinajstić information content (AvgIpc) is 2.57. The number of halogens is 2. The summed E-state index contributed by atoms with van der Waals surface area (Å²) in [6, 6.07) is 5.98. The Hall–Kier alpha value is -0.540. The molecule has 0 N–H and O–H groups in total. The number of hydrogen-bond donors (Lipinski definition) is 0. The fraction of sp³-hybridized carbons (Fsp3) is 0.417. The molecule has 16 heavy (non-hydrogen) atoms. The minimum absolute atomic E-state index is 0.00961. The summed E-state index contributed by atoms with van der Waals surface area (Å²) in [6.07, 6.45) is 0. The van der Waals surface area contributed by atoms with Crippen LogP contribution in [-0.2, 0) is 11.3 Å². The second kappa shape index (κ2) is 4.04. The molecule has 0 aliphatic heterocycles. The highest BCUT2D eigenvalue weighted by Crippen LogP contribution is 2.29. The van der Waals surface area contributed by atoms with Crippen molar-refractivity contribution in [1.29, 1.82) is 0 Å². The first-order chi connectivity index (χ1) is 7.45. The maximum absolute atomic E-state index is 6.05. The van der Waals surface area contributed by atoms with Gasteiger partial charge in [0, 0.05) is 5.41 Å². The number of imidazole rings is 1. The van der Waals surface area contributed by atoms with E-state index in [0.29, 0.717) is 5.88 Å². The van der Waals surface area contributed by atoms with Crippen LogP contribution >= 0.6 is 27.5 Å². The summed E-state index contributed by atoms with van der Waals surface area (Å²) in [5, 5.41) is 0. The van der Waals surface area contributed by atoms with E-state index >= 15 is 0 Å². The first-order valence-electron chi connectivity index (χ1n) is 5.17. The second-order valence-corrected chi connectivity index (χ2v) is 5.91. The van der Waals surface area contributed by atoms with E-state index in [0.717, 1.165) is 21.6 Å². The van der Waals surface area contributed by atoms with Crippen molar-refractivity contribution in [2.24, 2.45) is 0 Å². The molecule has 2 aromatic heterocycles. The summed E-state index contributed by atoms with van der Waals surface area (Å²) in [4.78, 5) is 4.66. The van der Waals surface area contributed by atoms with Crippen LogP contribution in [0, 0.1) is 0 Å². The van der Waals surface area contributed by atoms with Gasteiger partial charge in [-0.15, -0.1) is 11.6 Å². The number of pyridine rings is 1. The first-order valence-corrected chi connectivity index (χ1v) is 6.50. The molecule has 0 unspecified atom stereocenters. The Labute approximate surface area is 109 Å². The van der Waals surface area contributed by atoms with E-state index in [9.17, 15) is 0 Å². The minimum atomic E-state index is 0.00961. The van der Waals surface area contributed by atoms with E-state index in [1.807, 2.05) is 18.2 Å². The monoisotopic (exact) mass is 300 g/mol. The average molecular weight is 302 g/mol. The fourth-order valence-corrected chi connectivity index (χ4v) is 2.63. The third-order valence-corrected chi connectivity index (χ3v) is 3.40. The van der Waals surface area contributed by atoms with Gasteiger partial charge in [-0.1, -0.05) is 26.8 Å². The van der Waals surface area contributed by atoms with Crippen LogP contribution in [0.25, 0.3) is 5.65 Å². The van der Waals surface area contributed by atoms with Gasteiger partial charge < -0.3 is 0 Å². The molecule has 0 fully saturated rings. The van der Waals surface area contributed by atoms with E-state index in [-0.39, 0.29) is 5.41 Å². The molecule has 0 saturated heterocycles. The van der Waals surface area contributed by atoms with Crippen molar-refractivity contribution in [3.63, 3.8) is 0 Å². The zero-order valence-electron chi connectivity index (χ0n) is 9.59. The third-order valence-electron chi connectivity index (χ3n) is 2.53. The maximum atomic E-state index is 6.05. The lowest BCUT2D eigenvalue weighted by Gasteiger charge is -2.17. The van der Waals surface area contributed by atoms with Gasteiger partial charge in [0.1, 0.15) is 5.65 Å². The Balaban J connectivity index is 2.83. The molecule has 0 radical (unpaired) electrons. The Bertz CT molecular complexity index is 526. The SMILES string of the molecule is CC(C)(C)c1nc2cccc(Br)n2c1CCl. The lowest BCUT2D eigenvalue weighted by Crippen LogP contribution is -2.14. The summed E-state index contributed by atoms with van der Waals surface area (Å²) in [5.74, 6) is 0.469. The molecule has 0 bridgehead atoms. The van der Waals surface area contributed by atoms with Crippen molar-refractivity contribution in [2.75, 3.05) is 0 Å². The number of alkyl halides is 1. The molecule has 0 aliphatic rings. The van der Waals surface area contributed by atoms with Crippen LogP contribution in [-0.4, -0.2) is 9.38 Å². The third kappa shape index (κ3) is 1.87. The van der Waals surface area contributed by atoms with Crippen LogP contribution in [0.15, 0.2) is 22.8 Å². The maximum Gasteiger partial charge on any atom is 0.138 e. The topological polar surface area (TPSA) is 17.3 Å². The predicted octanol–water partition coefficient (Wildman–Crippen LogP) is 4.13. The summed E-state index contributed by atoms with van der Waals surface area (Å²) in [6.45, 7) is 6.45. The highest BCUT2D eigenvalue weighted by molar-refractivity contribution is 9.10. The van der Waals surface area contributed by atoms with Crippen molar-refractivity contribution >= 4 is 33.2 Å². The number of rotatable bonds is 1. The van der Waals surface area contributed by atoms with Crippen molar-refractivity contribution in [3.8, 4) is 0 Å². The molecule has 2 heterocycles. The van der Waals surface area contributed by atoms with Crippen LogP contribution < -0.4 is 0 Å². The molecule has 2 aromatic rings. The van der Waals surface area contributed by atoms with Gasteiger partial charge in [-0.3, -0.25) is 4.40 Å². The van der Waals surface area contributed by atoms with Gasteiger partial charge in [0.25, 0.3) is 0 Å².